The van der Waals surface area contributed by atoms with Crippen LogP contribution >= 0.6 is 23.2 Å². The van der Waals surface area contributed by atoms with E-state index in [1.165, 1.54) is 60.7 Å². The third-order valence-corrected chi connectivity index (χ3v) is 7.06. The van der Waals surface area contributed by atoms with Crippen LogP contribution in [0.4, 0.5) is 10.1 Å². The number of benzene rings is 3. The maximum atomic E-state index is 14.4. The maximum Gasteiger partial charge on any atom is 0.270 e. The molecule has 0 spiro atoms. The summed E-state index contributed by atoms with van der Waals surface area (Å²) >= 11 is 11.9. The van der Waals surface area contributed by atoms with Gasteiger partial charge in [0.2, 0.25) is 10.0 Å². The summed E-state index contributed by atoms with van der Waals surface area (Å²) in [5.74, 6) is -1.57. The molecule has 3 aromatic carbocycles. The van der Waals surface area contributed by atoms with Gasteiger partial charge >= 0.3 is 0 Å². The maximum absolute atomic E-state index is 14.4. The highest BCUT2D eigenvalue weighted by Gasteiger charge is 2.28. The van der Waals surface area contributed by atoms with E-state index in [1.807, 2.05) is 0 Å². The Bertz CT molecular complexity index is 1360. The van der Waals surface area contributed by atoms with Crippen molar-refractivity contribution in [3.63, 3.8) is 0 Å². The van der Waals surface area contributed by atoms with Crippen LogP contribution in [-0.2, 0) is 21.4 Å². The Morgan fingerprint density at radius 2 is 1.80 bits per heavy atom. The summed E-state index contributed by atoms with van der Waals surface area (Å²) in [5, 5.41) is 14.9. The standard InChI is InChI=1S/C22H17Cl2FN4O5S/c23-16-7-9-18(10-8-16)35(33,34)28(13-19-20(24)5-2-6-21(19)25)14-22(30)27-26-12-15-3-1-4-17(11-15)29(31)32/h1-12H,13-14H2,(H,27,30)/b26-12-. The molecule has 13 heteroatoms. The lowest BCUT2D eigenvalue weighted by Gasteiger charge is -2.22. The van der Waals surface area contributed by atoms with E-state index in [0.29, 0.717) is 10.6 Å². The van der Waals surface area contributed by atoms with Gasteiger partial charge in [0.05, 0.1) is 22.6 Å². The zero-order valence-electron chi connectivity index (χ0n) is 17.8. The number of halogens is 3. The molecule has 3 rings (SSSR count). The topological polar surface area (TPSA) is 122 Å². The molecule has 1 amide bonds. The summed E-state index contributed by atoms with van der Waals surface area (Å²) in [7, 11) is -4.28. The van der Waals surface area contributed by atoms with Crippen LogP contribution in [0.5, 0.6) is 0 Å². The lowest BCUT2D eigenvalue weighted by molar-refractivity contribution is -0.384. The monoisotopic (exact) mass is 538 g/mol. The van der Waals surface area contributed by atoms with Crippen molar-refractivity contribution in [1.82, 2.24) is 9.73 Å². The fraction of sp³-hybridized carbons (Fsp3) is 0.0909. The number of nitro benzene ring substituents is 1. The Labute approximate surface area is 210 Å². The molecule has 0 saturated heterocycles. The number of nitrogens with zero attached hydrogens (tertiary/aromatic N) is 3. The first kappa shape index (κ1) is 26.2. The number of hydrogen-bond acceptors (Lipinski definition) is 6. The summed E-state index contributed by atoms with van der Waals surface area (Å²) in [4.78, 5) is 22.6. The van der Waals surface area contributed by atoms with E-state index in [4.69, 9.17) is 23.2 Å². The fourth-order valence-corrected chi connectivity index (χ4v) is 4.65. The van der Waals surface area contributed by atoms with Gasteiger partial charge in [-0.3, -0.25) is 14.9 Å². The van der Waals surface area contributed by atoms with Crippen molar-refractivity contribution in [2.75, 3.05) is 6.54 Å². The second-order valence-electron chi connectivity index (χ2n) is 7.07. The largest absolute Gasteiger partial charge is 0.272 e. The quantitative estimate of drug-likeness (QED) is 0.246. The molecule has 0 aliphatic rings. The van der Waals surface area contributed by atoms with Crippen LogP contribution in [0.3, 0.4) is 0 Å². The van der Waals surface area contributed by atoms with Crippen molar-refractivity contribution in [3.8, 4) is 0 Å². The molecule has 0 aromatic heterocycles. The zero-order valence-corrected chi connectivity index (χ0v) is 20.1. The molecule has 0 bridgehead atoms. The van der Waals surface area contributed by atoms with Crippen molar-refractivity contribution in [2.45, 2.75) is 11.4 Å². The van der Waals surface area contributed by atoms with Crippen LogP contribution in [0, 0.1) is 15.9 Å². The van der Waals surface area contributed by atoms with E-state index in [-0.39, 0.29) is 21.2 Å². The minimum Gasteiger partial charge on any atom is -0.272 e. The van der Waals surface area contributed by atoms with Gasteiger partial charge in [-0.1, -0.05) is 41.4 Å². The molecule has 0 atom stereocenters. The lowest BCUT2D eigenvalue weighted by Crippen LogP contribution is -2.39. The van der Waals surface area contributed by atoms with E-state index in [2.05, 4.69) is 10.5 Å². The van der Waals surface area contributed by atoms with Crippen LogP contribution in [0.2, 0.25) is 10.0 Å². The van der Waals surface area contributed by atoms with Crippen molar-refractivity contribution < 1.29 is 22.5 Å². The van der Waals surface area contributed by atoms with Crippen molar-refractivity contribution in [3.05, 3.63) is 104 Å². The second-order valence-corrected chi connectivity index (χ2v) is 9.85. The van der Waals surface area contributed by atoms with Crippen LogP contribution in [0.25, 0.3) is 0 Å². The normalized spacial score (nSPS) is 11.7. The third kappa shape index (κ3) is 6.83. The van der Waals surface area contributed by atoms with Gasteiger partial charge < -0.3 is 0 Å². The molecule has 0 aliphatic carbocycles. The number of carbonyl (C=O) groups excluding carboxylic acids is 1. The van der Waals surface area contributed by atoms with Gasteiger partial charge in [-0.25, -0.2) is 18.2 Å². The molecular weight excluding hydrogens is 522 g/mol. The Morgan fingerprint density at radius 3 is 2.46 bits per heavy atom. The zero-order chi connectivity index (χ0) is 25.6. The first-order chi connectivity index (χ1) is 16.6. The summed E-state index contributed by atoms with van der Waals surface area (Å²) < 4.78 is 41.6. The molecule has 1 N–H and O–H groups in total. The molecular formula is C22H17Cl2FN4O5S. The molecule has 35 heavy (non-hydrogen) atoms. The molecule has 9 nitrogen and oxygen atoms in total. The van der Waals surface area contributed by atoms with Crippen LogP contribution in [0.15, 0.2) is 76.7 Å². The Morgan fingerprint density at radius 1 is 1.11 bits per heavy atom. The Balaban J connectivity index is 1.83. The number of nitrogens with one attached hydrogen (secondary N) is 1. The summed E-state index contributed by atoms with van der Waals surface area (Å²) in [5.41, 5.74) is 2.23. The molecule has 0 radical (unpaired) electrons. The van der Waals surface area contributed by atoms with Crippen LogP contribution < -0.4 is 5.43 Å². The summed E-state index contributed by atoms with van der Waals surface area (Å²) in [6, 6.07) is 14.6. The number of nitro groups is 1. The molecule has 0 heterocycles. The highest BCUT2D eigenvalue weighted by molar-refractivity contribution is 7.89. The highest BCUT2D eigenvalue weighted by atomic mass is 35.5. The molecule has 182 valence electrons. The van der Waals surface area contributed by atoms with Gasteiger partial charge in [0, 0.05) is 39.8 Å². The number of rotatable bonds is 9. The predicted molar refractivity (Wildman–Crippen MR) is 129 cm³/mol. The predicted octanol–water partition coefficient (Wildman–Crippen LogP) is 4.38. The van der Waals surface area contributed by atoms with Gasteiger partial charge in [0.25, 0.3) is 11.6 Å². The van der Waals surface area contributed by atoms with Crippen LogP contribution in [0.1, 0.15) is 11.1 Å². The van der Waals surface area contributed by atoms with Gasteiger partial charge in [0.15, 0.2) is 0 Å². The fourth-order valence-electron chi connectivity index (χ4n) is 2.93. The van der Waals surface area contributed by atoms with E-state index < -0.39 is 39.8 Å². The number of sulfonamides is 1. The third-order valence-electron chi connectivity index (χ3n) is 4.65. The van der Waals surface area contributed by atoms with E-state index >= 15 is 0 Å². The molecule has 0 unspecified atom stereocenters. The van der Waals surface area contributed by atoms with Gasteiger partial charge in [-0.05, 0) is 36.4 Å². The highest BCUT2D eigenvalue weighted by Crippen LogP contribution is 2.25. The summed E-state index contributed by atoms with van der Waals surface area (Å²) in [6.07, 6.45) is 1.16. The van der Waals surface area contributed by atoms with Crippen molar-refractivity contribution >= 4 is 51.0 Å². The van der Waals surface area contributed by atoms with E-state index in [9.17, 15) is 27.7 Å². The Hall–Kier alpha value is -3.38. The summed E-state index contributed by atoms with van der Waals surface area (Å²) in [6.45, 7) is -1.25. The van der Waals surface area contributed by atoms with E-state index in [0.717, 1.165) is 16.6 Å². The van der Waals surface area contributed by atoms with E-state index in [1.54, 1.807) is 0 Å². The number of hydrogen-bond donors (Lipinski definition) is 1. The van der Waals surface area contributed by atoms with Gasteiger partial charge in [0.1, 0.15) is 5.82 Å². The number of hydrazone groups is 1. The van der Waals surface area contributed by atoms with Crippen molar-refractivity contribution in [1.29, 1.82) is 0 Å². The first-order valence-corrected chi connectivity index (χ1v) is 12.0. The number of carbonyl (C=O) groups is 1. The Kier molecular flexibility index (Phi) is 8.52. The molecule has 3 aromatic rings. The minimum atomic E-state index is -4.28. The SMILES string of the molecule is O=C(CN(Cc1c(F)cccc1Cl)S(=O)(=O)c1ccc(Cl)cc1)N/N=C\c1cccc([N+](=O)[O-])c1. The molecule has 0 saturated carbocycles. The number of amides is 1. The molecule has 0 fully saturated rings. The average Bonchev–Trinajstić information content (AvgIpc) is 2.81. The minimum absolute atomic E-state index is 0.00888. The second kappa shape index (κ2) is 11.4. The molecule has 0 aliphatic heterocycles. The van der Waals surface area contributed by atoms with Crippen molar-refractivity contribution in [2.24, 2.45) is 5.10 Å². The smallest absolute Gasteiger partial charge is 0.270 e. The first-order valence-electron chi connectivity index (χ1n) is 9.83. The lowest BCUT2D eigenvalue weighted by atomic mass is 10.2. The van der Waals surface area contributed by atoms with Gasteiger partial charge in [-0.2, -0.15) is 9.41 Å². The average molecular weight is 539 g/mol. The van der Waals surface area contributed by atoms with Crippen LogP contribution in [-0.4, -0.2) is 36.3 Å². The number of non-ortho nitro benzene ring substituents is 1. The van der Waals surface area contributed by atoms with Gasteiger partial charge in [-0.15, -0.1) is 0 Å².